The molecule has 5 nitrogen and oxygen atoms in total. The van der Waals surface area contributed by atoms with Gasteiger partial charge in [-0.05, 0) is 36.2 Å². The Balaban J connectivity index is 1.55. The summed E-state index contributed by atoms with van der Waals surface area (Å²) in [6.07, 6.45) is 5.59. The summed E-state index contributed by atoms with van der Waals surface area (Å²) in [6.45, 7) is 3.56. The number of ether oxygens (including phenoxy) is 1. The first-order valence-electron chi connectivity index (χ1n) is 7.55. The molecule has 5 heteroatoms. The molecule has 23 heavy (non-hydrogen) atoms. The van der Waals surface area contributed by atoms with Crippen LogP contribution in [0.3, 0.4) is 0 Å². The molecule has 1 N–H and O–H groups in total. The van der Waals surface area contributed by atoms with Crippen LogP contribution >= 0.6 is 0 Å². The third kappa shape index (κ3) is 3.76. The number of methoxy groups -OCH3 is 1. The van der Waals surface area contributed by atoms with Crippen LogP contribution in [0.4, 0.5) is 0 Å². The minimum Gasteiger partial charge on any atom is -0.497 e. The fourth-order valence-electron chi connectivity index (χ4n) is 2.38. The Morgan fingerprint density at radius 3 is 2.35 bits per heavy atom. The van der Waals surface area contributed by atoms with Gasteiger partial charge in [-0.1, -0.05) is 18.2 Å². The molecule has 0 spiro atoms. The molecule has 0 saturated heterocycles. The highest BCUT2D eigenvalue weighted by Gasteiger charge is 2.02. The van der Waals surface area contributed by atoms with Crippen molar-refractivity contribution in [1.82, 2.24) is 19.9 Å². The molecule has 0 fully saturated rings. The molecule has 0 bridgehead atoms. The van der Waals surface area contributed by atoms with Gasteiger partial charge in [0.25, 0.3) is 0 Å². The van der Waals surface area contributed by atoms with Crippen LogP contribution in [0.2, 0.25) is 0 Å². The van der Waals surface area contributed by atoms with Crippen molar-refractivity contribution in [2.24, 2.45) is 0 Å². The summed E-state index contributed by atoms with van der Waals surface area (Å²) in [6, 6.07) is 12.2. The Morgan fingerprint density at radius 2 is 1.74 bits per heavy atom. The summed E-state index contributed by atoms with van der Waals surface area (Å²) < 4.78 is 7.12. The van der Waals surface area contributed by atoms with Gasteiger partial charge in [0.15, 0.2) is 0 Å². The van der Waals surface area contributed by atoms with E-state index in [9.17, 15) is 0 Å². The van der Waals surface area contributed by atoms with E-state index < -0.39 is 0 Å². The highest BCUT2D eigenvalue weighted by atomic mass is 16.5. The molecular weight excluding hydrogens is 288 g/mol. The molecule has 0 amide bonds. The van der Waals surface area contributed by atoms with Crippen molar-refractivity contribution in [3.63, 3.8) is 0 Å². The summed E-state index contributed by atoms with van der Waals surface area (Å²) in [4.78, 5) is 8.71. The zero-order chi connectivity index (χ0) is 16.1. The smallest absolute Gasteiger partial charge is 0.137 e. The van der Waals surface area contributed by atoms with Gasteiger partial charge in [-0.15, -0.1) is 0 Å². The van der Waals surface area contributed by atoms with Crippen LogP contribution < -0.4 is 10.1 Å². The van der Waals surface area contributed by atoms with Crippen LogP contribution in [0, 0.1) is 6.92 Å². The molecule has 1 aromatic carbocycles. The average molecular weight is 308 g/mol. The van der Waals surface area contributed by atoms with Crippen molar-refractivity contribution in [1.29, 1.82) is 0 Å². The lowest BCUT2D eigenvalue weighted by molar-refractivity contribution is 0.414. The van der Waals surface area contributed by atoms with Crippen molar-refractivity contribution in [3.05, 3.63) is 71.9 Å². The normalized spacial score (nSPS) is 10.7. The summed E-state index contributed by atoms with van der Waals surface area (Å²) in [5, 5.41) is 3.42. The molecule has 0 aliphatic heterocycles. The van der Waals surface area contributed by atoms with E-state index in [1.54, 1.807) is 13.3 Å². The molecule has 2 heterocycles. The van der Waals surface area contributed by atoms with Crippen LogP contribution in [-0.2, 0) is 13.1 Å². The standard InChI is InChI=1S/C18H20N4O/c1-14-20-9-10-22(14)18-8-5-16(13-21-18)12-19-11-15-3-6-17(23-2)7-4-15/h3-10,13,19H,11-12H2,1-2H3. The van der Waals surface area contributed by atoms with Gasteiger partial charge >= 0.3 is 0 Å². The van der Waals surface area contributed by atoms with Gasteiger partial charge in [-0.25, -0.2) is 9.97 Å². The minimum absolute atomic E-state index is 0.780. The van der Waals surface area contributed by atoms with Crippen LogP contribution in [0.15, 0.2) is 55.0 Å². The van der Waals surface area contributed by atoms with Crippen molar-refractivity contribution in [2.75, 3.05) is 7.11 Å². The zero-order valence-corrected chi connectivity index (χ0v) is 13.4. The van der Waals surface area contributed by atoms with Gasteiger partial charge in [-0.3, -0.25) is 4.57 Å². The summed E-state index contributed by atoms with van der Waals surface area (Å²) in [5.74, 6) is 2.70. The Bertz CT molecular complexity index is 747. The molecule has 2 aromatic heterocycles. The predicted octanol–water partition coefficient (Wildman–Crippen LogP) is 2.87. The number of pyridine rings is 1. The van der Waals surface area contributed by atoms with Crippen LogP contribution in [-0.4, -0.2) is 21.6 Å². The Labute approximate surface area is 136 Å². The third-order valence-electron chi connectivity index (χ3n) is 3.70. The second-order valence-corrected chi connectivity index (χ2v) is 5.32. The molecule has 118 valence electrons. The van der Waals surface area contributed by atoms with E-state index >= 15 is 0 Å². The molecule has 0 atom stereocenters. The van der Waals surface area contributed by atoms with Crippen LogP contribution in [0.1, 0.15) is 17.0 Å². The maximum absolute atomic E-state index is 5.16. The molecular formula is C18H20N4O. The lowest BCUT2D eigenvalue weighted by Gasteiger charge is -2.08. The van der Waals surface area contributed by atoms with Crippen molar-refractivity contribution >= 4 is 0 Å². The van der Waals surface area contributed by atoms with Crippen molar-refractivity contribution in [2.45, 2.75) is 20.0 Å². The maximum Gasteiger partial charge on any atom is 0.137 e. The van der Waals surface area contributed by atoms with E-state index in [0.29, 0.717) is 0 Å². The Hall–Kier alpha value is -2.66. The first-order chi connectivity index (χ1) is 11.3. The molecule has 3 aromatic rings. The lowest BCUT2D eigenvalue weighted by Crippen LogP contribution is -2.13. The molecule has 0 aliphatic carbocycles. The minimum atomic E-state index is 0.780. The number of nitrogens with zero attached hydrogens (tertiary/aromatic N) is 3. The van der Waals surface area contributed by atoms with Crippen molar-refractivity contribution in [3.8, 4) is 11.6 Å². The van der Waals surface area contributed by atoms with E-state index in [4.69, 9.17) is 4.74 Å². The fourth-order valence-corrected chi connectivity index (χ4v) is 2.38. The quantitative estimate of drug-likeness (QED) is 0.761. The number of nitrogens with one attached hydrogen (secondary N) is 1. The average Bonchev–Trinajstić information content (AvgIpc) is 3.02. The first-order valence-corrected chi connectivity index (χ1v) is 7.55. The van der Waals surface area contributed by atoms with Crippen LogP contribution in [0.25, 0.3) is 5.82 Å². The molecule has 0 radical (unpaired) electrons. The van der Waals surface area contributed by atoms with E-state index in [-0.39, 0.29) is 0 Å². The lowest BCUT2D eigenvalue weighted by atomic mass is 10.2. The Kier molecular flexibility index (Phi) is 4.68. The molecule has 0 aliphatic rings. The highest BCUT2D eigenvalue weighted by Crippen LogP contribution is 2.11. The third-order valence-corrected chi connectivity index (χ3v) is 3.70. The van der Waals surface area contributed by atoms with Gasteiger partial charge < -0.3 is 10.1 Å². The Morgan fingerprint density at radius 1 is 1.00 bits per heavy atom. The SMILES string of the molecule is COc1ccc(CNCc2ccc(-n3ccnc3C)nc2)cc1. The molecule has 0 unspecified atom stereocenters. The molecule has 3 rings (SSSR count). The first kappa shape index (κ1) is 15.2. The number of hydrogen-bond donors (Lipinski definition) is 1. The largest absolute Gasteiger partial charge is 0.497 e. The van der Waals surface area contributed by atoms with Crippen LogP contribution in [0.5, 0.6) is 5.75 Å². The van der Waals surface area contributed by atoms with Gasteiger partial charge in [-0.2, -0.15) is 0 Å². The fraction of sp³-hybridized carbons (Fsp3) is 0.222. The van der Waals surface area contributed by atoms with Gasteiger partial charge in [0.2, 0.25) is 0 Å². The number of imidazole rings is 1. The van der Waals surface area contributed by atoms with Gasteiger partial charge in [0.1, 0.15) is 17.4 Å². The summed E-state index contributed by atoms with van der Waals surface area (Å²) in [5.41, 5.74) is 2.38. The second kappa shape index (κ2) is 7.07. The summed E-state index contributed by atoms with van der Waals surface area (Å²) in [7, 11) is 1.68. The van der Waals surface area contributed by atoms with E-state index in [0.717, 1.165) is 36.0 Å². The van der Waals surface area contributed by atoms with Crippen molar-refractivity contribution < 1.29 is 4.74 Å². The predicted molar refractivity (Wildman–Crippen MR) is 89.6 cm³/mol. The monoisotopic (exact) mass is 308 g/mol. The number of aryl methyl sites for hydroxylation is 1. The van der Waals surface area contributed by atoms with E-state index in [1.165, 1.54) is 5.56 Å². The number of rotatable bonds is 6. The van der Waals surface area contributed by atoms with Gasteiger partial charge in [0, 0.05) is 31.7 Å². The van der Waals surface area contributed by atoms with E-state index in [1.807, 2.05) is 42.1 Å². The molecule has 0 saturated carbocycles. The zero-order valence-electron chi connectivity index (χ0n) is 13.4. The number of aromatic nitrogens is 3. The second-order valence-electron chi connectivity index (χ2n) is 5.32. The topological polar surface area (TPSA) is 52.0 Å². The van der Waals surface area contributed by atoms with Gasteiger partial charge in [0.05, 0.1) is 7.11 Å². The number of hydrogen-bond acceptors (Lipinski definition) is 4. The highest BCUT2D eigenvalue weighted by molar-refractivity contribution is 5.28. The van der Waals surface area contributed by atoms with E-state index in [2.05, 4.69) is 33.5 Å². The summed E-state index contributed by atoms with van der Waals surface area (Å²) >= 11 is 0. The maximum atomic E-state index is 5.16. The number of benzene rings is 1.